The fourth-order valence-corrected chi connectivity index (χ4v) is 3.29. The molecule has 0 N–H and O–H groups in total. The number of aryl methyl sites for hydroxylation is 2. The number of hydrogen-bond donors (Lipinski definition) is 0. The Kier molecular flexibility index (Phi) is 5.58. The molecule has 0 radical (unpaired) electrons. The van der Waals surface area contributed by atoms with Crippen LogP contribution in [-0.2, 0) is 16.0 Å². The predicted molar refractivity (Wildman–Crippen MR) is 109 cm³/mol. The topological polar surface area (TPSA) is 151 Å². The van der Waals surface area contributed by atoms with E-state index in [1.54, 1.807) is 11.4 Å². The Morgan fingerprint density at radius 1 is 1.25 bits per heavy atom. The number of carbonyl (C=O) groups excluding carboxylic acids is 1. The van der Waals surface area contributed by atoms with E-state index < -0.39 is 17.0 Å². The van der Waals surface area contributed by atoms with Gasteiger partial charge in [0.05, 0.1) is 4.92 Å². The molecule has 4 rings (SSSR count). The summed E-state index contributed by atoms with van der Waals surface area (Å²) < 4.78 is 12.6. The van der Waals surface area contributed by atoms with Gasteiger partial charge in [-0.25, -0.2) is 9.50 Å². The van der Waals surface area contributed by atoms with Crippen LogP contribution in [0.2, 0.25) is 0 Å². The first-order valence-corrected chi connectivity index (χ1v) is 9.77. The Morgan fingerprint density at radius 3 is 2.72 bits per heavy atom. The van der Waals surface area contributed by atoms with E-state index in [1.807, 2.05) is 13.8 Å². The van der Waals surface area contributed by atoms with Crippen molar-refractivity contribution < 1.29 is 18.9 Å². The van der Waals surface area contributed by atoms with Crippen LogP contribution in [0.15, 0.2) is 35.0 Å². The highest BCUT2D eigenvalue weighted by Gasteiger charge is 2.20. The van der Waals surface area contributed by atoms with Gasteiger partial charge in [-0.1, -0.05) is 0 Å². The predicted octanol–water partition coefficient (Wildman–Crippen LogP) is 2.94. The van der Waals surface area contributed by atoms with E-state index in [-0.39, 0.29) is 23.9 Å². The van der Waals surface area contributed by atoms with Crippen LogP contribution in [0.3, 0.4) is 0 Å². The fraction of sp³-hybridized carbons (Fsp3) is 0.300. The standard InChI is InChI=1S/C20H19N7O5/c1-11-16(12(2)26-20(23-11)21-10-22-26)8-9-17(28)31-13(3)18-24-25-19(32-18)14-4-6-15(7-5-14)27(29)30/h4-7,10,13H,8-9H2,1-3H3. The minimum absolute atomic E-state index is 0.0422. The van der Waals surface area contributed by atoms with Crippen molar-refractivity contribution in [3.8, 4) is 11.5 Å². The molecule has 0 spiro atoms. The summed E-state index contributed by atoms with van der Waals surface area (Å²) in [5.41, 5.74) is 3.05. The van der Waals surface area contributed by atoms with Crippen LogP contribution in [0.4, 0.5) is 5.69 Å². The molecular formula is C20H19N7O5. The average Bonchev–Trinajstić information content (AvgIpc) is 3.43. The summed E-state index contributed by atoms with van der Waals surface area (Å²) in [6.45, 7) is 5.39. The Balaban J connectivity index is 1.39. The summed E-state index contributed by atoms with van der Waals surface area (Å²) in [5.74, 6) is 0.395. The van der Waals surface area contributed by atoms with Gasteiger partial charge in [-0.2, -0.15) is 10.1 Å². The Bertz CT molecular complexity index is 1300. The van der Waals surface area contributed by atoms with Gasteiger partial charge in [0.15, 0.2) is 6.10 Å². The second-order valence-corrected chi connectivity index (χ2v) is 7.11. The van der Waals surface area contributed by atoms with Gasteiger partial charge in [-0.3, -0.25) is 14.9 Å². The molecule has 1 aromatic carbocycles. The number of aromatic nitrogens is 6. The first-order valence-electron chi connectivity index (χ1n) is 9.77. The van der Waals surface area contributed by atoms with Gasteiger partial charge in [0, 0.05) is 35.5 Å². The number of hydrogen-bond acceptors (Lipinski definition) is 10. The molecule has 3 heterocycles. The number of nitro benzene ring substituents is 1. The van der Waals surface area contributed by atoms with Gasteiger partial charge in [-0.05, 0) is 44.9 Å². The zero-order chi connectivity index (χ0) is 22.8. The highest BCUT2D eigenvalue weighted by molar-refractivity contribution is 5.70. The fourth-order valence-electron chi connectivity index (χ4n) is 3.29. The number of non-ortho nitro benzene ring substituents is 1. The van der Waals surface area contributed by atoms with E-state index in [0.717, 1.165) is 17.0 Å². The van der Waals surface area contributed by atoms with E-state index >= 15 is 0 Å². The highest BCUT2D eigenvalue weighted by Crippen LogP contribution is 2.25. The van der Waals surface area contributed by atoms with Gasteiger partial charge < -0.3 is 9.15 Å². The normalized spacial score (nSPS) is 12.1. The average molecular weight is 437 g/mol. The zero-order valence-corrected chi connectivity index (χ0v) is 17.6. The molecule has 12 nitrogen and oxygen atoms in total. The number of nitro groups is 1. The molecule has 0 saturated heterocycles. The van der Waals surface area contributed by atoms with Crippen LogP contribution < -0.4 is 0 Å². The van der Waals surface area contributed by atoms with Crippen molar-refractivity contribution in [2.45, 2.75) is 39.7 Å². The smallest absolute Gasteiger partial charge is 0.306 e. The highest BCUT2D eigenvalue weighted by atomic mass is 16.6. The van der Waals surface area contributed by atoms with E-state index in [0.29, 0.717) is 17.8 Å². The number of rotatable bonds is 7. The van der Waals surface area contributed by atoms with Crippen LogP contribution in [0.1, 0.15) is 42.3 Å². The van der Waals surface area contributed by atoms with Crippen LogP contribution in [0, 0.1) is 24.0 Å². The van der Waals surface area contributed by atoms with E-state index in [1.165, 1.54) is 30.6 Å². The maximum Gasteiger partial charge on any atom is 0.306 e. The second-order valence-electron chi connectivity index (χ2n) is 7.11. The Labute approximate surface area is 181 Å². The van der Waals surface area contributed by atoms with Crippen LogP contribution in [-0.4, -0.2) is 40.7 Å². The molecule has 3 aromatic heterocycles. The van der Waals surface area contributed by atoms with E-state index in [4.69, 9.17) is 9.15 Å². The van der Waals surface area contributed by atoms with Crippen LogP contribution in [0.5, 0.6) is 0 Å². The molecule has 0 aliphatic carbocycles. The van der Waals surface area contributed by atoms with Gasteiger partial charge in [0.2, 0.25) is 5.89 Å². The molecule has 0 amide bonds. The molecule has 0 bridgehead atoms. The lowest BCUT2D eigenvalue weighted by molar-refractivity contribution is -0.384. The van der Waals surface area contributed by atoms with Gasteiger partial charge in [0.1, 0.15) is 6.33 Å². The van der Waals surface area contributed by atoms with Crippen molar-refractivity contribution >= 4 is 17.4 Å². The van der Waals surface area contributed by atoms with Gasteiger partial charge >= 0.3 is 5.97 Å². The molecule has 32 heavy (non-hydrogen) atoms. The SMILES string of the molecule is Cc1nc2ncnn2c(C)c1CCC(=O)OC(C)c1nnc(-c2ccc([N+](=O)[O-])cc2)o1. The summed E-state index contributed by atoms with van der Waals surface area (Å²) >= 11 is 0. The summed E-state index contributed by atoms with van der Waals surface area (Å²) in [7, 11) is 0. The third kappa shape index (κ3) is 4.15. The largest absolute Gasteiger partial charge is 0.453 e. The number of carbonyl (C=O) groups is 1. The molecule has 0 aliphatic rings. The van der Waals surface area contributed by atoms with Crippen molar-refractivity contribution in [2.75, 3.05) is 0 Å². The van der Waals surface area contributed by atoms with E-state index in [9.17, 15) is 14.9 Å². The number of ether oxygens (including phenoxy) is 1. The third-order valence-corrected chi connectivity index (χ3v) is 4.99. The lowest BCUT2D eigenvalue weighted by atomic mass is 10.1. The molecule has 164 valence electrons. The minimum atomic E-state index is -0.750. The number of fused-ring (bicyclic) bond motifs is 1. The lowest BCUT2D eigenvalue weighted by Crippen LogP contribution is -2.12. The maximum absolute atomic E-state index is 12.4. The van der Waals surface area contributed by atoms with Gasteiger partial charge in [-0.15, -0.1) is 10.2 Å². The molecule has 0 saturated carbocycles. The molecule has 12 heteroatoms. The molecule has 1 atom stereocenters. The van der Waals surface area contributed by atoms with Gasteiger partial charge in [0.25, 0.3) is 17.4 Å². The number of esters is 1. The second kappa shape index (κ2) is 8.49. The summed E-state index contributed by atoms with van der Waals surface area (Å²) in [5, 5.41) is 22.8. The van der Waals surface area contributed by atoms with Crippen molar-refractivity contribution in [3.05, 3.63) is 63.5 Å². The summed E-state index contributed by atoms with van der Waals surface area (Å²) in [6, 6.07) is 5.71. The Morgan fingerprint density at radius 2 is 2.00 bits per heavy atom. The Hall–Kier alpha value is -4.22. The first-order chi connectivity index (χ1) is 15.3. The molecule has 0 fully saturated rings. The van der Waals surface area contributed by atoms with E-state index in [2.05, 4.69) is 25.3 Å². The molecule has 4 aromatic rings. The first kappa shape index (κ1) is 21.0. The number of nitrogens with zero attached hydrogens (tertiary/aromatic N) is 7. The monoisotopic (exact) mass is 437 g/mol. The minimum Gasteiger partial charge on any atom is -0.453 e. The van der Waals surface area contributed by atoms with Crippen molar-refractivity contribution in [3.63, 3.8) is 0 Å². The summed E-state index contributed by atoms with van der Waals surface area (Å²) in [4.78, 5) is 31.1. The molecule has 1 unspecified atom stereocenters. The zero-order valence-electron chi connectivity index (χ0n) is 17.6. The lowest BCUT2D eigenvalue weighted by Gasteiger charge is -2.12. The van der Waals surface area contributed by atoms with Crippen molar-refractivity contribution in [2.24, 2.45) is 0 Å². The quantitative estimate of drug-likeness (QED) is 0.240. The molecule has 0 aliphatic heterocycles. The van der Waals surface area contributed by atoms with Crippen LogP contribution >= 0.6 is 0 Å². The number of benzene rings is 1. The third-order valence-electron chi connectivity index (χ3n) is 4.99. The maximum atomic E-state index is 12.4. The molecular weight excluding hydrogens is 418 g/mol. The summed E-state index contributed by atoms with van der Waals surface area (Å²) in [6.07, 6.45) is 1.25. The van der Waals surface area contributed by atoms with Crippen LogP contribution in [0.25, 0.3) is 17.2 Å². The van der Waals surface area contributed by atoms with Crippen molar-refractivity contribution in [1.82, 2.24) is 29.8 Å². The van der Waals surface area contributed by atoms with Crippen molar-refractivity contribution in [1.29, 1.82) is 0 Å².